The Morgan fingerprint density at radius 1 is 1.00 bits per heavy atom. The Hall–Kier alpha value is -2.82. The summed E-state index contributed by atoms with van der Waals surface area (Å²) < 4.78 is 5.41. The molecule has 132 valence electrons. The van der Waals surface area contributed by atoms with E-state index in [0.29, 0.717) is 29.2 Å². The number of hydrogen-bond donors (Lipinski definition) is 2. The van der Waals surface area contributed by atoms with Crippen molar-refractivity contribution >= 4 is 17.5 Å². The third kappa shape index (κ3) is 5.35. The normalized spacial score (nSPS) is 11.5. The Morgan fingerprint density at radius 2 is 1.68 bits per heavy atom. The second-order valence-corrected chi connectivity index (χ2v) is 5.78. The lowest BCUT2D eigenvalue weighted by atomic mass is 10.1. The lowest BCUT2D eigenvalue weighted by Crippen LogP contribution is -2.31. The van der Waals surface area contributed by atoms with Gasteiger partial charge in [0.25, 0.3) is 11.8 Å². The van der Waals surface area contributed by atoms with Gasteiger partial charge in [0.05, 0.1) is 6.61 Å². The first-order valence-electron chi connectivity index (χ1n) is 8.48. The highest BCUT2D eigenvalue weighted by atomic mass is 16.5. The predicted molar refractivity (Wildman–Crippen MR) is 99.2 cm³/mol. The van der Waals surface area contributed by atoms with E-state index < -0.39 is 0 Å². The van der Waals surface area contributed by atoms with Gasteiger partial charge in [0.2, 0.25) is 0 Å². The number of carbonyl (C=O) groups excluding carboxylic acids is 2. The van der Waals surface area contributed by atoms with Crippen LogP contribution in [0.2, 0.25) is 0 Å². The second-order valence-electron chi connectivity index (χ2n) is 5.78. The quantitative estimate of drug-likeness (QED) is 0.804. The van der Waals surface area contributed by atoms with Crippen LogP contribution in [0.5, 0.6) is 5.75 Å². The van der Waals surface area contributed by atoms with Crippen molar-refractivity contribution in [2.24, 2.45) is 0 Å². The Bertz CT molecular complexity index is 743. The molecule has 2 aromatic carbocycles. The van der Waals surface area contributed by atoms with Gasteiger partial charge < -0.3 is 15.4 Å². The third-order valence-electron chi connectivity index (χ3n) is 3.78. The van der Waals surface area contributed by atoms with Gasteiger partial charge in [-0.2, -0.15) is 0 Å². The highest BCUT2D eigenvalue weighted by molar-refractivity contribution is 6.05. The maximum absolute atomic E-state index is 12.4. The molecular formula is C20H24N2O3. The van der Waals surface area contributed by atoms with Crippen molar-refractivity contribution in [1.82, 2.24) is 5.32 Å². The number of anilines is 1. The maximum atomic E-state index is 12.4. The van der Waals surface area contributed by atoms with Gasteiger partial charge in [-0.15, -0.1) is 0 Å². The summed E-state index contributed by atoms with van der Waals surface area (Å²) in [5.41, 5.74) is 1.59. The first-order valence-corrected chi connectivity index (χ1v) is 8.48. The summed E-state index contributed by atoms with van der Waals surface area (Å²) in [6.45, 7) is 6.40. The molecule has 0 aromatic heterocycles. The van der Waals surface area contributed by atoms with Gasteiger partial charge >= 0.3 is 0 Å². The summed E-state index contributed by atoms with van der Waals surface area (Å²) in [4.78, 5) is 24.6. The van der Waals surface area contributed by atoms with Gasteiger partial charge in [0.15, 0.2) is 0 Å². The fourth-order valence-corrected chi connectivity index (χ4v) is 2.24. The molecule has 0 aliphatic rings. The molecule has 1 atom stereocenters. The zero-order chi connectivity index (χ0) is 18.2. The molecule has 0 aliphatic heterocycles. The summed E-state index contributed by atoms with van der Waals surface area (Å²) >= 11 is 0. The van der Waals surface area contributed by atoms with E-state index in [1.54, 1.807) is 48.5 Å². The van der Waals surface area contributed by atoms with Crippen molar-refractivity contribution in [1.29, 1.82) is 0 Å². The summed E-state index contributed by atoms with van der Waals surface area (Å²) in [5, 5.41) is 5.73. The molecule has 25 heavy (non-hydrogen) atoms. The van der Waals surface area contributed by atoms with Crippen LogP contribution >= 0.6 is 0 Å². The van der Waals surface area contributed by atoms with Crippen LogP contribution in [-0.4, -0.2) is 24.5 Å². The Kier molecular flexibility index (Phi) is 6.57. The predicted octanol–water partition coefficient (Wildman–Crippen LogP) is 3.87. The molecule has 0 fully saturated rings. The SMILES string of the molecule is CCOc1cccc(C(=O)Nc2cccc(C(=O)NC(C)CC)c2)c1. The number of amides is 2. The van der Waals surface area contributed by atoms with Crippen LogP contribution in [-0.2, 0) is 0 Å². The highest BCUT2D eigenvalue weighted by Crippen LogP contribution is 2.16. The van der Waals surface area contributed by atoms with E-state index in [1.807, 2.05) is 20.8 Å². The van der Waals surface area contributed by atoms with Gasteiger partial charge in [0, 0.05) is 22.9 Å². The first kappa shape index (κ1) is 18.5. The molecule has 0 heterocycles. The fourth-order valence-electron chi connectivity index (χ4n) is 2.24. The van der Waals surface area contributed by atoms with Crippen LogP contribution in [0.15, 0.2) is 48.5 Å². The Balaban J connectivity index is 2.10. The van der Waals surface area contributed by atoms with Gasteiger partial charge in [-0.1, -0.05) is 19.1 Å². The Morgan fingerprint density at radius 3 is 2.36 bits per heavy atom. The number of hydrogen-bond acceptors (Lipinski definition) is 3. The molecule has 0 spiro atoms. The highest BCUT2D eigenvalue weighted by Gasteiger charge is 2.11. The van der Waals surface area contributed by atoms with E-state index in [2.05, 4.69) is 10.6 Å². The van der Waals surface area contributed by atoms with E-state index in [0.717, 1.165) is 6.42 Å². The lowest BCUT2D eigenvalue weighted by Gasteiger charge is -2.12. The summed E-state index contributed by atoms with van der Waals surface area (Å²) in [7, 11) is 0. The van der Waals surface area contributed by atoms with Gasteiger partial charge in [-0.05, 0) is 56.7 Å². The minimum Gasteiger partial charge on any atom is -0.494 e. The first-order chi connectivity index (χ1) is 12.0. The van der Waals surface area contributed by atoms with Crippen molar-refractivity contribution in [2.75, 3.05) is 11.9 Å². The van der Waals surface area contributed by atoms with Gasteiger partial charge in [0.1, 0.15) is 5.75 Å². The van der Waals surface area contributed by atoms with Crippen molar-refractivity contribution in [2.45, 2.75) is 33.2 Å². The van der Waals surface area contributed by atoms with Crippen LogP contribution in [0, 0.1) is 0 Å². The van der Waals surface area contributed by atoms with Crippen LogP contribution in [0.4, 0.5) is 5.69 Å². The molecule has 2 amide bonds. The molecule has 5 nitrogen and oxygen atoms in total. The number of rotatable bonds is 7. The Labute approximate surface area is 148 Å². The van der Waals surface area contributed by atoms with Gasteiger partial charge in [-0.25, -0.2) is 0 Å². The standard InChI is InChI=1S/C20H24N2O3/c1-4-14(3)21-19(23)15-8-6-10-17(12-15)22-20(24)16-9-7-11-18(13-16)25-5-2/h6-14H,4-5H2,1-3H3,(H,21,23)(H,22,24). The summed E-state index contributed by atoms with van der Waals surface area (Å²) in [5.74, 6) is 0.252. The maximum Gasteiger partial charge on any atom is 0.255 e. The zero-order valence-electron chi connectivity index (χ0n) is 14.8. The number of nitrogens with one attached hydrogen (secondary N) is 2. The number of carbonyl (C=O) groups is 2. The molecule has 0 saturated heterocycles. The van der Waals surface area contributed by atoms with E-state index >= 15 is 0 Å². The summed E-state index contributed by atoms with van der Waals surface area (Å²) in [6.07, 6.45) is 0.859. The number of benzene rings is 2. The third-order valence-corrected chi connectivity index (χ3v) is 3.78. The van der Waals surface area contributed by atoms with Crippen molar-refractivity contribution in [3.05, 3.63) is 59.7 Å². The molecule has 2 aromatic rings. The van der Waals surface area contributed by atoms with Crippen molar-refractivity contribution in [3.8, 4) is 5.75 Å². The monoisotopic (exact) mass is 340 g/mol. The lowest BCUT2D eigenvalue weighted by molar-refractivity contribution is 0.0938. The summed E-state index contributed by atoms with van der Waals surface area (Å²) in [6, 6.07) is 14.0. The molecule has 0 saturated carbocycles. The molecule has 5 heteroatoms. The molecule has 2 rings (SSSR count). The molecule has 0 bridgehead atoms. The van der Waals surface area contributed by atoms with Crippen LogP contribution in [0.25, 0.3) is 0 Å². The smallest absolute Gasteiger partial charge is 0.255 e. The van der Waals surface area contributed by atoms with Crippen molar-refractivity contribution < 1.29 is 14.3 Å². The molecule has 1 unspecified atom stereocenters. The van der Waals surface area contributed by atoms with Crippen molar-refractivity contribution in [3.63, 3.8) is 0 Å². The number of ether oxygens (including phenoxy) is 1. The molecule has 0 radical (unpaired) electrons. The molecular weight excluding hydrogens is 316 g/mol. The average molecular weight is 340 g/mol. The minimum absolute atomic E-state index is 0.104. The van der Waals surface area contributed by atoms with E-state index in [1.165, 1.54) is 0 Å². The molecule has 0 aliphatic carbocycles. The van der Waals surface area contributed by atoms with Gasteiger partial charge in [-0.3, -0.25) is 9.59 Å². The van der Waals surface area contributed by atoms with Crippen LogP contribution in [0.3, 0.4) is 0 Å². The largest absolute Gasteiger partial charge is 0.494 e. The fraction of sp³-hybridized carbons (Fsp3) is 0.300. The average Bonchev–Trinajstić information content (AvgIpc) is 2.62. The van der Waals surface area contributed by atoms with Crippen LogP contribution < -0.4 is 15.4 Å². The van der Waals surface area contributed by atoms with E-state index in [-0.39, 0.29) is 17.9 Å². The zero-order valence-corrected chi connectivity index (χ0v) is 14.8. The minimum atomic E-state index is -0.249. The molecule has 2 N–H and O–H groups in total. The second kappa shape index (κ2) is 8.87. The van der Waals surface area contributed by atoms with E-state index in [9.17, 15) is 9.59 Å². The van der Waals surface area contributed by atoms with E-state index in [4.69, 9.17) is 4.74 Å². The topological polar surface area (TPSA) is 67.4 Å². The van der Waals surface area contributed by atoms with Crippen LogP contribution in [0.1, 0.15) is 47.9 Å².